The maximum atomic E-state index is 5.48. The third-order valence-electron chi connectivity index (χ3n) is 4.72. The maximum Gasteiger partial charge on any atom is 0.229 e. The molecule has 1 fully saturated rings. The summed E-state index contributed by atoms with van der Waals surface area (Å²) in [6.45, 7) is 5.21. The Balaban J connectivity index is 1.55. The van der Waals surface area contributed by atoms with Crippen molar-refractivity contribution in [1.82, 2.24) is 9.97 Å². The third-order valence-corrected chi connectivity index (χ3v) is 4.72. The van der Waals surface area contributed by atoms with Crippen LogP contribution < -0.4 is 20.3 Å². The molecule has 0 spiro atoms. The van der Waals surface area contributed by atoms with Gasteiger partial charge in [-0.1, -0.05) is 12.1 Å². The number of anilines is 5. The predicted molar refractivity (Wildman–Crippen MR) is 116 cm³/mol. The predicted octanol–water partition coefficient (Wildman–Crippen LogP) is 4.12. The van der Waals surface area contributed by atoms with Gasteiger partial charge in [0.25, 0.3) is 0 Å². The fourth-order valence-corrected chi connectivity index (χ4v) is 3.29. The van der Waals surface area contributed by atoms with Crippen molar-refractivity contribution in [3.8, 4) is 5.75 Å². The van der Waals surface area contributed by atoms with E-state index in [9.17, 15) is 0 Å². The molecule has 1 aliphatic heterocycles. The van der Waals surface area contributed by atoms with Crippen LogP contribution in [0.4, 0.5) is 28.8 Å². The van der Waals surface area contributed by atoms with E-state index in [0.29, 0.717) is 5.95 Å². The highest BCUT2D eigenvalue weighted by molar-refractivity contribution is 5.74. The fraction of sp³-hybridized carbons (Fsp3) is 0.273. The zero-order valence-electron chi connectivity index (χ0n) is 16.7. The molecule has 0 saturated carbocycles. The molecule has 0 aliphatic carbocycles. The van der Waals surface area contributed by atoms with E-state index >= 15 is 0 Å². The maximum absolute atomic E-state index is 5.48. The second-order valence-electron chi connectivity index (χ2n) is 6.81. The van der Waals surface area contributed by atoms with Crippen LogP contribution >= 0.6 is 0 Å². The molecule has 1 saturated heterocycles. The van der Waals surface area contributed by atoms with E-state index in [-0.39, 0.29) is 0 Å². The van der Waals surface area contributed by atoms with E-state index in [2.05, 4.69) is 43.7 Å². The summed E-state index contributed by atoms with van der Waals surface area (Å²) in [5.74, 6) is 2.10. The van der Waals surface area contributed by atoms with Gasteiger partial charge in [-0.3, -0.25) is 0 Å². The molecule has 3 aromatic rings. The first kappa shape index (κ1) is 19.0. The summed E-state index contributed by atoms with van der Waals surface area (Å²) >= 11 is 0. The van der Waals surface area contributed by atoms with Crippen molar-refractivity contribution in [3.05, 3.63) is 60.3 Å². The molecule has 0 unspecified atom stereocenters. The molecule has 29 heavy (non-hydrogen) atoms. The fourth-order valence-electron chi connectivity index (χ4n) is 3.29. The van der Waals surface area contributed by atoms with Gasteiger partial charge in [0, 0.05) is 30.5 Å². The molecule has 2 aromatic carbocycles. The SMILES string of the molecule is COc1ccc(Nc2nc(C)cc(Nc3ccccc3N3CCOCC3)n2)cc1. The minimum absolute atomic E-state index is 0.543. The summed E-state index contributed by atoms with van der Waals surface area (Å²) in [6.07, 6.45) is 0. The lowest BCUT2D eigenvalue weighted by atomic mass is 10.2. The molecule has 7 heteroatoms. The molecule has 2 heterocycles. The van der Waals surface area contributed by atoms with Crippen LogP contribution in [0.5, 0.6) is 5.75 Å². The van der Waals surface area contributed by atoms with Crippen LogP contribution in [0.2, 0.25) is 0 Å². The number of morpholine rings is 1. The van der Waals surface area contributed by atoms with Gasteiger partial charge in [-0.15, -0.1) is 0 Å². The number of ether oxygens (including phenoxy) is 2. The number of nitrogens with zero attached hydrogens (tertiary/aromatic N) is 3. The lowest BCUT2D eigenvalue weighted by molar-refractivity contribution is 0.123. The zero-order chi connectivity index (χ0) is 20.1. The lowest BCUT2D eigenvalue weighted by Crippen LogP contribution is -2.36. The van der Waals surface area contributed by atoms with E-state index < -0.39 is 0 Å². The second kappa shape index (κ2) is 8.79. The monoisotopic (exact) mass is 391 g/mol. The molecule has 0 radical (unpaired) electrons. The van der Waals surface area contributed by atoms with Gasteiger partial charge < -0.3 is 25.0 Å². The molecule has 0 amide bonds. The zero-order valence-corrected chi connectivity index (χ0v) is 16.7. The Morgan fingerprint density at radius 2 is 1.72 bits per heavy atom. The average molecular weight is 391 g/mol. The van der Waals surface area contributed by atoms with Crippen molar-refractivity contribution in [1.29, 1.82) is 0 Å². The summed E-state index contributed by atoms with van der Waals surface area (Å²) in [5.41, 5.74) is 3.94. The van der Waals surface area contributed by atoms with Crippen molar-refractivity contribution in [2.45, 2.75) is 6.92 Å². The standard InChI is InChI=1S/C22H25N5O2/c1-16-15-21(26-22(23-16)24-17-7-9-18(28-2)10-8-17)25-19-5-3-4-6-20(19)27-11-13-29-14-12-27/h3-10,15H,11-14H2,1-2H3,(H2,23,24,25,26). The van der Waals surface area contributed by atoms with Crippen LogP contribution in [0.15, 0.2) is 54.6 Å². The van der Waals surface area contributed by atoms with Crippen molar-refractivity contribution in [2.24, 2.45) is 0 Å². The molecule has 2 N–H and O–H groups in total. The van der Waals surface area contributed by atoms with Gasteiger partial charge in [0.2, 0.25) is 5.95 Å². The van der Waals surface area contributed by atoms with Gasteiger partial charge in [0.05, 0.1) is 31.7 Å². The average Bonchev–Trinajstić information content (AvgIpc) is 2.75. The Morgan fingerprint density at radius 3 is 2.48 bits per heavy atom. The number of hydrogen-bond acceptors (Lipinski definition) is 7. The van der Waals surface area contributed by atoms with Gasteiger partial charge in [0.1, 0.15) is 11.6 Å². The van der Waals surface area contributed by atoms with Crippen molar-refractivity contribution >= 4 is 28.8 Å². The highest BCUT2D eigenvalue weighted by Crippen LogP contribution is 2.29. The molecule has 4 rings (SSSR count). The van der Waals surface area contributed by atoms with Crippen molar-refractivity contribution in [3.63, 3.8) is 0 Å². The summed E-state index contributed by atoms with van der Waals surface area (Å²) < 4.78 is 10.7. The summed E-state index contributed by atoms with van der Waals surface area (Å²) in [7, 11) is 1.65. The van der Waals surface area contributed by atoms with E-state index in [1.807, 2.05) is 43.3 Å². The molecule has 1 aliphatic rings. The summed E-state index contributed by atoms with van der Waals surface area (Å²) in [6, 6.07) is 17.9. The number of hydrogen-bond donors (Lipinski definition) is 2. The van der Waals surface area contributed by atoms with E-state index in [1.54, 1.807) is 7.11 Å². The molecule has 7 nitrogen and oxygen atoms in total. The number of nitrogens with one attached hydrogen (secondary N) is 2. The first-order valence-corrected chi connectivity index (χ1v) is 9.67. The van der Waals surface area contributed by atoms with E-state index in [0.717, 1.165) is 60.6 Å². The normalized spacial score (nSPS) is 13.8. The van der Waals surface area contributed by atoms with Crippen LogP contribution in [0.3, 0.4) is 0 Å². The molecule has 0 bridgehead atoms. The molecular weight excluding hydrogens is 366 g/mol. The molecule has 0 atom stereocenters. The topological polar surface area (TPSA) is 71.5 Å². The number of aromatic nitrogens is 2. The van der Waals surface area contributed by atoms with Gasteiger partial charge in [-0.05, 0) is 43.3 Å². The number of benzene rings is 2. The number of aryl methyl sites for hydroxylation is 1. The highest BCUT2D eigenvalue weighted by atomic mass is 16.5. The second-order valence-corrected chi connectivity index (χ2v) is 6.81. The van der Waals surface area contributed by atoms with Gasteiger partial charge >= 0.3 is 0 Å². The van der Waals surface area contributed by atoms with Crippen molar-refractivity contribution < 1.29 is 9.47 Å². The van der Waals surface area contributed by atoms with Crippen LogP contribution in [-0.2, 0) is 4.74 Å². The number of para-hydroxylation sites is 2. The first-order chi connectivity index (χ1) is 14.2. The minimum Gasteiger partial charge on any atom is -0.497 e. The van der Waals surface area contributed by atoms with Gasteiger partial charge in [-0.25, -0.2) is 4.98 Å². The number of methoxy groups -OCH3 is 1. The smallest absolute Gasteiger partial charge is 0.229 e. The summed E-state index contributed by atoms with van der Waals surface area (Å²) in [4.78, 5) is 11.5. The van der Waals surface area contributed by atoms with Crippen LogP contribution in [0, 0.1) is 6.92 Å². The highest BCUT2D eigenvalue weighted by Gasteiger charge is 2.15. The third kappa shape index (κ3) is 4.75. The first-order valence-electron chi connectivity index (χ1n) is 9.67. The quantitative estimate of drug-likeness (QED) is 0.655. The number of rotatable bonds is 6. The van der Waals surface area contributed by atoms with Gasteiger partial charge in [0.15, 0.2) is 0 Å². The van der Waals surface area contributed by atoms with E-state index in [1.165, 1.54) is 0 Å². The largest absolute Gasteiger partial charge is 0.497 e. The van der Waals surface area contributed by atoms with Crippen molar-refractivity contribution in [2.75, 3.05) is 48.9 Å². The van der Waals surface area contributed by atoms with Crippen LogP contribution in [0.1, 0.15) is 5.69 Å². The molecular formula is C22H25N5O2. The lowest BCUT2D eigenvalue weighted by Gasteiger charge is -2.30. The Kier molecular flexibility index (Phi) is 5.76. The molecule has 150 valence electrons. The Morgan fingerprint density at radius 1 is 0.966 bits per heavy atom. The Bertz CT molecular complexity index is 956. The Labute approximate surface area is 170 Å². The summed E-state index contributed by atoms with van der Waals surface area (Å²) in [5, 5.41) is 6.72. The molecule has 1 aromatic heterocycles. The van der Waals surface area contributed by atoms with Gasteiger partial charge in [-0.2, -0.15) is 4.98 Å². The van der Waals surface area contributed by atoms with E-state index in [4.69, 9.17) is 9.47 Å². The van der Waals surface area contributed by atoms with Crippen LogP contribution in [0.25, 0.3) is 0 Å². The minimum atomic E-state index is 0.543. The Hall–Kier alpha value is -3.32. The van der Waals surface area contributed by atoms with Crippen LogP contribution in [-0.4, -0.2) is 43.4 Å².